The van der Waals surface area contributed by atoms with E-state index >= 15 is 0 Å². The summed E-state index contributed by atoms with van der Waals surface area (Å²) < 4.78 is 60.0. The van der Waals surface area contributed by atoms with E-state index in [1.807, 2.05) is 0 Å². The monoisotopic (exact) mass is 229 g/mol. The first-order valence-electron chi connectivity index (χ1n) is 3.48. The van der Waals surface area contributed by atoms with Gasteiger partial charge in [0.25, 0.3) is 5.91 Å². The van der Waals surface area contributed by atoms with E-state index in [1.54, 1.807) is 0 Å². The summed E-state index contributed by atoms with van der Waals surface area (Å²) in [5, 5.41) is 2.75. The molecule has 84 valence electrons. The molecule has 0 fully saturated rings. The van der Waals surface area contributed by atoms with Crippen LogP contribution < -0.4 is 5.73 Å². The van der Waals surface area contributed by atoms with E-state index in [4.69, 9.17) is 0 Å². The predicted molar refractivity (Wildman–Crippen MR) is 37.0 cm³/mol. The fourth-order valence-corrected chi connectivity index (χ4v) is 0.875. The van der Waals surface area contributed by atoms with E-state index < -0.39 is 34.7 Å². The molecular formula is C6H4F5N3O. The third kappa shape index (κ3) is 2.22. The van der Waals surface area contributed by atoms with Crippen molar-refractivity contribution < 1.29 is 26.7 Å². The highest BCUT2D eigenvalue weighted by atomic mass is 19.4. The second-order valence-electron chi connectivity index (χ2n) is 2.50. The molecular weight excluding hydrogens is 225 g/mol. The zero-order valence-electron chi connectivity index (χ0n) is 6.92. The lowest BCUT2D eigenvalue weighted by Crippen LogP contribution is -2.15. The number of aromatic nitrogens is 2. The van der Waals surface area contributed by atoms with Gasteiger partial charge in [-0.2, -0.15) is 31.7 Å². The van der Waals surface area contributed by atoms with Crippen LogP contribution in [0.25, 0.3) is 0 Å². The summed E-state index contributed by atoms with van der Waals surface area (Å²) in [7, 11) is 0. The number of primary amides is 1. The van der Waals surface area contributed by atoms with E-state index in [9.17, 15) is 26.7 Å². The highest BCUT2D eigenvalue weighted by Gasteiger charge is 2.38. The predicted octanol–water partition coefficient (Wildman–Crippen LogP) is 1.40. The van der Waals surface area contributed by atoms with Crippen molar-refractivity contribution >= 4 is 5.91 Å². The second-order valence-corrected chi connectivity index (χ2v) is 2.50. The van der Waals surface area contributed by atoms with Crippen LogP contribution in [0.4, 0.5) is 22.0 Å². The Morgan fingerprint density at radius 3 is 2.27 bits per heavy atom. The molecule has 0 bridgehead atoms. The zero-order chi connectivity index (χ0) is 11.8. The first-order chi connectivity index (χ1) is 6.73. The van der Waals surface area contributed by atoms with Gasteiger partial charge in [0.05, 0.1) is 0 Å². The number of hydrogen-bond donors (Lipinski definition) is 1. The minimum atomic E-state index is -5.02. The summed E-state index contributed by atoms with van der Waals surface area (Å²) in [6.07, 6.45) is -5.02. The van der Waals surface area contributed by atoms with Gasteiger partial charge in [0.15, 0.2) is 5.69 Å². The largest absolute Gasteiger partial charge is 0.433 e. The van der Waals surface area contributed by atoms with Crippen LogP contribution in [-0.4, -0.2) is 15.7 Å². The summed E-state index contributed by atoms with van der Waals surface area (Å²) in [5.74, 6) is -1.31. The van der Waals surface area contributed by atoms with Gasteiger partial charge in [-0.3, -0.25) is 4.79 Å². The number of halogens is 5. The van der Waals surface area contributed by atoms with Gasteiger partial charge in [-0.15, -0.1) is 0 Å². The Labute approximate surface area is 79.5 Å². The van der Waals surface area contributed by atoms with E-state index in [1.165, 1.54) is 0 Å². The SMILES string of the molecule is NC(=O)c1cc(C(F)(F)F)n(C(F)F)n1. The van der Waals surface area contributed by atoms with Crippen molar-refractivity contribution in [3.05, 3.63) is 17.5 Å². The van der Waals surface area contributed by atoms with Crippen LogP contribution in [0, 0.1) is 0 Å². The molecule has 0 saturated carbocycles. The molecule has 0 aliphatic rings. The van der Waals surface area contributed by atoms with Crippen molar-refractivity contribution in [1.82, 2.24) is 9.78 Å². The molecule has 0 unspecified atom stereocenters. The molecule has 1 rings (SSSR count). The number of carbonyl (C=O) groups is 1. The Morgan fingerprint density at radius 2 is 2.00 bits per heavy atom. The quantitative estimate of drug-likeness (QED) is 0.779. The molecule has 0 aliphatic heterocycles. The average molecular weight is 229 g/mol. The van der Waals surface area contributed by atoms with E-state index in [2.05, 4.69) is 10.8 Å². The van der Waals surface area contributed by atoms with Gasteiger partial charge in [-0.05, 0) is 0 Å². The molecule has 4 nitrogen and oxygen atoms in total. The van der Waals surface area contributed by atoms with Crippen LogP contribution in [-0.2, 0) is 6.18 Å². The average Bonchev–Trinajstić information content (AvgIpc) is 2.45. The van der Waals surface area contributed by atoms with Crippen molar-refractivity contribution in [3.63, 3.8) is 0 Å². The molecule has 0 atom stereocenters. The van der Waals surface area contributed by atoms with E-state index in [0.29, 0.717) is 0 Å². The Kier molecular flexibility index (Phi) is 2.65. The smallest absolute Gasteiger partial charge is 0.364 e. The van der Waals surface area contributed by atoms with Crippen LogP contribution >= 0.6 is 0 Å². The molecule has 0 saturated heterocycles. The molecule has 0 aliphatic carbocycles. The molecule has 2 N–H and O–H groups in total. The lowest BCUT2D eigenvalue weighted by Gasteiger charge is -2.08. The summed E-state index contributed by atoms with van der Waals surface area (Å²) in [6.45, 7) is -3.49. The first-order valence-corrected chi connectivity index (χ1v) is 3.48. The third-order valence-corrected chi connectivity index (χ3v) is 1.46. The number of rotatable bonds is 2. The van der Waals surface area contributed by atoms with Crippen molar-refractivity contribution in [2.75, 3.05) is 0 Å². The summed E-state index contributed by atoms with van der Waals surface area (Å²) >= 11 is 0. The summed E-state index contributed by atoms with van der Waals surface area (Å²) in [6, 6.07) is 0.175. The number of hydrogen-bond acceptors (Lipinski definition) is 2. The van der Waals surface area contributed by atoms with Crippen LogP contribution in [0.5, 0.6) is 0 Å². The van der Waals surface area contributed by atoms with Crippen LogP contribution in [0.15, 0.2) is 6.07 Å². The molecule has 0 spiro atoms. The Morgan fingerprint density at radius 1 is 1.47 bits per heavy atom. The molecule has 1 aromatic heterocycles. The van der Waals surface area contributed by atoms with Crippen molar-refractivity contribution in [1.29, 1.82) is 0 Å². The van der Waals surface area contributed by atoms with Crippen LogP contribution in [0.1, 0.15) is 22.7 Å². The molecule has 15 heavy (non-hydrogen) atoms. The minimum absolute atomic E-state index is 0.175. The Hall–Kier alpha value is -1.67. The van der Waals surface area contributed by atoms with Crippen LogP contribution in [0.2, 0.25) is 0 Å². The molecule has 9 heteroatoms. The molecule has 0 aromatic carbocycles. The molecule has 1 amide bonds. The highest BCUT2D eigenvalue weighted by molar-refractivity contribution is 5.90. The maximum Gasteiger partial charge on any atom is 0.433 e. The summed E-state index contributed by atoms with van der Waals surface area (Å²) in [5.41, 5.74) is 2.04. The van der Waals surface area contributed by atoms with Crippen LogP contribution in [0.3, 0.4) is 0 Å². The van der Waals surface area contributed by atoms with Gasteiger partial charge in [0.2, 0.25) is 0 Å². The molecule has 0 radical (unpaired) electrons. The van der Waals surface area contributed by atoms with Crippen molar-refractivity contribution in [3.8, 4) is 0 Å². The van der Waals surface area contributed by atoms with Crippen molar-refractivity contribution in [2.24, 2.45) is 5.73 Å². The normalized spacial score (nSPS) is 12.1. The number of nitrogens with two attached hydrogens (primary N) is 1. The third-order valence-electron chi connectivity index (χ3n) is 1.46. The fraction of sp³-hybridized carbons (Fsp3) is 0.333. The highest BCUT2D eigenvalue weighted by Crippen LogP contribution is 2.32. The van der Waals surface area contributed by atoms with Gasteiger partial charge in [-0.1, -0.05) is 0 Å². The lowest BCUT2D eigenvalue weighted by atomic mass is 10.3. The topological polar surface area (TPSA) is 60.9 Å². The number of alkyl halides is 5. The van der Waals surface area contributed by atoms with Gasteiger partial charge < -0.3 is 5.73 Å². The maximum absolute atomic E-state index is 12.1. The summed E-state index contributed by atoms with van der Waals surface area (Å²) in [4.78, 5) is 10.5. The second kappa shape index (κ2) is 3.48. The first kappa shape index (κ1) is 11.4. The van der Waals surface area contributed by atoms with Gasteiger partial charge >= 0.3 is 12.7 Å². The Balaban J connectivity index is 3.30. The molecule has 1 aromatic rings. The maximum atomic E-state index is 12.1. The van der Waals surface area contributed by atoms with E-state index in [0.717, 1.165) is 0 Å². The van der Waals surface area contributed by atoms with Crippen molar-refractivity contribution in [2.45, 2.75) is 12.7 Å². The van der Waals surface area contributed by atoms with Gasteiger partial charge in [0, 0.05) is 6.07 Å². The lowest BCUT2D eigenvalue weighted by molar-refractivity contribution is -0.149. The zero-order valence-corrected chi connectivity index (χ0v) is 6.92. The van der Waals surface area contributed by atoms with Gasteiger partial charge in [0.1, 0.15) is 5.69 Å². The Bertz CT molecular complexity index is 383. The number of carbonyl (C=O) groups excluding carboxylic acids is 1. The number of nitrogens with zero attached hydrogens (tertiary/aromatic N) is 2. The fourth-order valence-electron chi connectivity index (χ4n) is 0.875. The van der Waals surface area contributed by atoms with E-state index in [-0.39, 0.29) is 6.07 Å². The minimum Gasteiger partial charge on any atom is -0.364 e. The van der Waals surface area contributed by atoms with Gasteiger partial charge in [-0.25, -0.2) is 0 Å². The number of amides is 1. The molecule has 1 heterocycles. The standard InChI is InChI=1S/C6H4F5N3O/c7-5(8)14-3(6(9,10)11)1-2(13-14)4(12)15/h1,5H,(H2,12,15).